The van der Waals surface area contributed by atoms with Gasteiger partial charge in [-0.1, -0.05) is 85.0 Å². The van der Waals surface area contributed by atoms with E-state index in [0.717, 1.165) is 0 Å². The van der Waals surface area contributed by atoms with Crippen LogP contribution in [0.25, 0.3) is 12.2 Å². The van der Waals surface area contributed by atoms with Gasteiger partial charge in [-0.25, -0.2) is 0 Å². The molecule has 0 aliphatic carbocycles. The molecule has 0 atom stereocenters. The predicted octanol–water partition coefficient (Wildman–Crippen LogP) is 5.26. The molecule has 0 N–H and O–H groups in total. The number of hydrogen-bond acceptors (Lipinski definition) is 0. The zero-order chi connectivity index (χ0) is 11.1. The Morgan fingerprint density at radius 3 is 1.17 bits per heavy atom. The van der Waals surface area contributed by atoms with E-state index in [1.54, 1.807) is 0 Å². The zero-order valence-corrected chi connectivity index (χ0v) is 11.5. The average molecular weight is 279 g/mol. The summed E-state index contributed by atoms with van der Waals surface area (Å²) >= 11 is 0. The third-order valence-corrected chi connectivity index (χ3v) is 2.29. The molecular weight excluding hydrogens is 263 g/mol. The molecule has 0 spiro atoms. The largest absolute Gasteiger partial charge is 0.147 e. The third-order valence-electron chi connectivity index (χ3n) is 2.29. The molecule has 94 valence electrons. The summed E-state index contributed by atoms with van der Waals surface area (Å²) in [6.45, 7) is 0. The van der Waals surface area contributed by atoms with Crippen molar-refractivity contribution in [1.29, 1.82) is 0 Å². The average Bonchev–Trinajstić information content (AvgIpc) is 2.37. The van der Waals surface area contributed by atoms with Crippen LogP contribution < -0.4 is 0 Å². The second-order valence-electron chi connectivity index (χ2n) is 3.54. The summed E-state index contributed by atoms with van der Waals surface area (Å²) in [7, 11) is 0. The Balaban J connectivity index is 0.00000144. The van der Waals surface area contributed by atoms with Gasteiger partial charge in [-0.3, -0.25) is 0 Å². The maximum atomic E-state index is 2.10. The molecule has 0 saturated heterocycles. The summed E-state index contributed by atoms with van der Waals surface area (Å²) in [5.41, 5.74) is 2.44. The van der Waals surface area contributed by atoms with Crippen LogP contribution in [0.3, 0.4) is 0 Å². The first-order valence-electron chi connectivity index (χ1n) is 5.40. The monoisotopic (exact) mass is 278 g/mol. The first-order valence-corrected chi connectivity index (χ1v) is 5.40. The molecule has 0 aliphatic heterocycles. The van der Waals surface area contributed by atoms with E-state index in [-0.39, 0.29) is 24.8 Å². The van der Waals surface area contributed by atoms with Crippen LogP contribution in [0.5, 0.6) is 0 Å². The van der Waals surface area contributed by atoms with Crippen molar-refractivity contribution in [3.8, 4) is 0 Å². The fourth-order valence-corrected chi connectivity index (χ4v) is 1.46. The van der Waals surface area contributed by atoms with E-state index in [2.05, 4.69) is 48.6 Å². The van der Waals surface area contributed by atoms with E-state index in [0.29, 0.717) is 0 Å². The number of halogens is 2. The Morgan fingerprint density at radius 2 is 0.833 bits per heavy atom. The highest BCUT2D eigenvalue weighted by Gasteiger charge is 1.81. The van der Waals surface area contributed by atoms with Crippen molar-refractivity contribution in [2.45, 2.75) is 0 Å². The van der Waals surface area contributed by atoms with Crippen LogP contribution in [0.4, 0.5) is 0 Å². The van der Waals surface area contributed by atoms with Gasteiger partial charge in [0.2, 0.25) is 0 Å². The van der Waals surface area contributed by atoms with Gasteiger partial charge in [-0.2, -0.15) is 0 Å². The Kier molecular flexibility index (Phi) is 8.73. The van der Waals surface area contributed by atoms with Crippen LogP contribution in [0.15, 0.2) is 72.8 Å². The molecule has 0 amide bonds. The lowest BCUT2D eigenvalue weighted by atomic mass is 10.2. The van der Waals surface area contributed by atoms with Crippen molar-refractivity contribution in [1.82, 2.24) is 0 Å². The van der Waals surface area contributed by atoms with Gasteiger partial charge < -0.3 is 0 Å². The van der Waals surface area contributed by atoms with Gasteiger partial charge in [0.1, 0.15) is 0 Å². The molecule has 0 heterocycles. The van der Waals surface area contributed by atoms with Crippen molar-refractivity contribution in [2.24, 2.45) is 0 Å². The summed E-state index contributed by atoms with van der Waals surface area (Å²) in [5, 5.41) is 0. The highest BCUT2D eigenvalue weighted by molar-refractivity contribution is 5.85. The lowest BCUT2D eigenvalue weighted by molar-refractivity contribution is 1.65. The Labute approximate surface area is 121 Å². The Morgan fingerprint density at radius 1 is 0.500 bits per heavy atom. The van der Waals surface area contributed by atoms with Gasteiger partial charge >= 0.3 is 0 Å². The fourth-order valence-electron chi connectivity index (χ4n) is 1.46. The molecule has 0 aromatic heterocycles. The molecule has 2 aromatic carbocycles. The predicted molar refractivity (Wildman–Crippen MR) is 85.4 cm³/mol. The van der Waals surface area contributed by atoms with E-state index >= 15 is 0 Å². The second-order valence-corrected chi connectivity index (χ2v) is 3.54. The minimum Gasteiger partial charge on any atom is -0.147 e. The summed E-state index contributed by atoms with van der Waals surface area (Å²) in [5.74, 6) is 0. The quantitative estimate of drug-likeness (QED) is 0.672. The van der Waals surface area contributed by atoms with E-state index in [1.165, 1.54) is 11.1 Å². The van der Waals surface area contributed by atoms with Gasteiger partial charge in [-0.15, -0.1) is 24.8 Å². The zero-order valence-electron chi connectivity index (χ0n) is 9.90. The molecule has 0 radical (unpaired) electrons. The minimum absolute atomic E-state index is 0. The van der Waals surface area contributed by atoms with E-state index in [4.69, 9.17) is 0 Å². The second kappa shape index (κ2) is 9.52. The molecule has 0 unspecified atom stereocenters. The molecular formula is C16H16Cl2. The van der Waals surface area contributed by atoms with Crippen LogP contribution in [0.1, 0.15) is 11.1 Å². The van der Waals surface area contributed by atoms with E-state index in [9.17, 15) is 0 Å². The fraction of sp³-hybridized carbons (Fsp3) is 0. The van der Waals surface area contributed by atoms with Crippen LogP contribution in [0, 0.1) is 0 Å². The number of benzene rings is 2. The normalized spacial score (nSPS) is 10.0. The highest BCUT2D eigenvalue weighted by atomic mass is 35.5. The first-order chi connectivity index (χ1) is 7.95. The van der Waals surface area contributed by atoms with Gasteiger partial charge in [-0.05, 0) is 11.1 Å². The van der Waals surface area contributed by atoms with Crippen molar-refractivity contribution in [3.63, 3.8) is 0 Å². The first kappa shape index (κ1) is 16.5. The van der Waals surface area contributed by atoms with Crippen LogP contribution in [0.2, 0.25) is 0 Å². The molecule has 2 heteroatoms. The van der Waals surface area contributed by atoms with Gasteiger partial charge in [0, 0.05) is 0 Å². The summed E-state index contributed by atoms with van der Waals surface area (Å²) in [6, 6.07) is 20.6. The highest BCUT2D eigenvalue weighted by Crippen LogP contribution is 2.03. The molecule has 0 fully saturated rings. The van der Waals surface area contributed by atoms with E-state index in [1.807, 2.05) is 36.4 Å². The molecule has 0 bridgehead atoms. The molecule has 0 aliphatic rings. The summed E-state index contributed by atoms with van der Waals surface area (Å²) in [6.07, 6.45) is 8.31. The van der Waals surface area contributed by atoms with Crippen LogP contribution in [-0.2, 0) is 0 Å². The maximum Gasteiger partial charge on any atom is -0.0257 e. The lowest BCUT2D eigenvalue weighted by Crippen LogP contribution is -1.68. The van der Waals surface area contributed by atoms with Crippen LogP contribution >= 0.6 is 24.8 Å². The van der Waals surface area contributed by atoms with Crippen molar-refractivity contribution in [2.75, 3.05) is 0 Å². The summed E-state index contributed by atoms with van der Waals surface area (Å²) < 4.78 is 0. The smallest absolute Gasteiger partial charge is 0.0257 e. The van der Waals surface area contributed by atoms with Crippen LogP contribution in [-0.4, -0.2) is 0 Å². The van der Waals surface area contributed by atoms with Crippen molar-refractivity contribution in [3.05, 3.63) is 83.9 Å². The Bertz CT molecular complexity index is 425. The molecule has 2 rings (SSSR count). The maximum absolute atomic E-state index is 2.10. The van der Waals surface area contributed by atoms with E-state index < -0.39 is 0 Å². The van der Waals surface area contributed by atoms with Gasteiger partial charge in [0.15, 0.2) is 0 Å². The Hall–Kier alpha value is -1.50. The number of rotatable bonds is 3. The standard InChI is InChI=1S/C16H14.2ClH/c1-3-9-15(10-4-1)13-7-8-14-16-11-5-2-6-12-16;;/h1-14H;2*1H. The van der Waals surface area contributed by atoms with Gasteiger partial charge in [0.05, 0.1) is 0 Å². The summed E-state index contributed by atoms with van der Waals surface area (Å²) in [4.78, 5) is 0. The lowest BCUT2D eigenvalue weighted by Gasteiger charge is -1.90. The topological polar surface area (TPSA) is 0 Å². The molecule has 0 saturated carbocycles. The van der Waals surface area contributed by atoms with Crippen molar-refractivity contribution >= 4 is 37.0 Å². The third kappa shape index (κ3) is 5.72. The SMILES string of the molecule is C(C=Cc1ccccc1)=Cc1ccccc1.Cl.Cl. The molecule has 18 heavy (non-hydrogen) atoms. The molecule has 2 aromatic rings. The molecule has 0 nitrogen and oxygen atoms in total. The number of allylic oxidation sites excluding steroid dienone is 2. The van der Waals surface area contributed by atoms with Crippen molar-refractivity contribution < 1.29 is 0 Å². The minimum atomic E-state index is 0. The number of hydrogen-bond donors (Lipinski definition) is 0. The van der Waals surface area contributed by atoms with Gasteiger partial charge in [0.25, 0.3) is 0 Å².